The first kappa shape index (κ1) is 18.2. The third-order valence-corrected chi connectivity index (χ3v) is 4.86. The summed E-state index contributed by atoms with van der Waals surface area (Å²) in [6, 6.07) is 8.08. The van der Waals surface area contributed by atoms with Gasteiger partial charge in [-0.1, -0.05) is 6.07 Å². The van der Waals surface area contributed by atoms with Crippen LogP contribution in [0.3, 0.4) is 0 Å². The van der Waals surface area contributed by atoms with E-state index in [1.165, 1.54) is 41.2 Å². The summed E-state index contributed by atoms with van der Waals surface area (Å²) in [5.74, 6) is 0.194. The average Bonchev–Trinajstić information content (AvgIpc) is 3.04. The number of anilines is 1. The van der Waals surface area contributed by atoms with Gasteiger partial charge in [0.25, 0.3) is 10.0 Å². The highest BCUT2D eigenvalue weighted by Crippen LogP contribution is 2.31. The van der Waals surface area contributed by atoms with E-state index in [0.717, 1.165) is 12.1 Å². The summed E-state index contributed by atoms with van der Waals surface area (Å²) in [4.78, 5) is 7.63. The maximum absolute atomic E-state index is 12.8. The Bertz CT molecular complexity index is 1050. The number of halogens is 4. The van der Waals surface area contributed by atoms with Crippen molar-refractivity contribution in [2.75, 3.05) is 4.72 Å². The van der Waals surface area contributed by atoms with Gasteiger partial charge in [0, 0.05) is 18.1 Å². The first-order valence-corrected chi connectivity index (χ1v) is 8.89. The van der Waals surface area contributed by atoms with Gasteiger partial charge in [-0.25, -0.2) is 4.98 Å². The van der Waals surface area contributed by atoms with Gasteiger partial charge < -0.3 is 0 Å². The zero-order valence-electron chi connectivity index (χ0n) is 12.8. The monoisotopic (exact) mass is 402 g/mol. The van der Waals surface area contributed by atoms with Crippen molar-refractivity contribution in [3.63, 3.8) is 0 Å². The van der Waals surface area contributed by atoms with Crippen LogP contribution < -0.4 is 4.72 Å². The molecule has 3 aromatic rings. The highest BCUT2D eigenvalue weighted by atomic mass is 35.5. The maximum Gasteiger partial charge on any atom is 0.416 e. The van der Waals surface area contributed by atoms with E-state index in [-0.39, 0.29) is 21.8 Å². The fourth-order valence-corrected chi connectivity index (χ4v) is 3.56. The third-order valence-electron chi connectivity index (χ3n) is 3.29. The second-order valence-corrected chi connectivity index (χ2v) is 7.05. The topological polar surface area (TPSA) is 76.9 Å². The summed E-state index contributed by atoms with van der Waals surface area (Å²) in [5.41, 5.74) is -1.18. The number of hydrogen-bond donors (Lipinski definition) is 1. The Morgan fingerprint density at radius 3 is 2.58 bits per heavy atom. The molecule has 0 spiro atoms. The molecule has 0 saturated heterocycles. The number of alkyl halides is 3. The number of aromatic nitrogens is 3. The van der Waals surface area contributed by atoms with Crippen LogP contribution >= 0.6 is 11.6 Å². The van der Waals surface area contributed by atoms with E-state index in [1.807, 2.05) is 0 Å². The molecule has 0 aliphatic carbocycles. The van der Waals surface area contributed by atoms with Crippen molar-refractivity contribution in [3.8, 4) is 5.82 Å². The summed E-state index contributed by atoms with van der Waals surface area (Å²) in [5, 5.41) is -0.296. The fourth-order valence-electron chi connectivity index (χ4n) is 2.20. The van der Waals surface area contributed by atoms with E-state index in [4.69, 9.17) is 11.6 Å². The Hall–Kier alpha value is -2.59. The van der Waals surface area contributed by atoms with E-state index in [2.05, 4.69) is 14.7 Å². The quantitative estimate of drug-likeness (QED) is 0.674. The molecule has 3 rings (SSSR count). The lowest BCUT2D eigenvalue weighted by Crippen LogP contribution is -2.17. The van der Waals surface area contributed by atoms with Crippen molar-refractivity contribution >= 4 is 27.3 Å². The predicted molar refractivity (Wildman–Crippen MR) is 88.6 cm³/mol. The lowest BCUT2D eigenvalue weighted by molar-refractivity contribution is -0.137. The van der Waals surface area contributed by atoms with E-state index in [9.17, 15) is 21.6 Å². The molecule has 6 nitrogen and oxygen atoms in total. The van der Waals surface area contributed by atoms with Crippen LogP contribution in [0.25, 0.3) is 5.82 Å². The lowest BCUT2D eigenvalue weighted by Gasteiger charge is -2.13. The van der Waals surface area contributed by atoms with E-state index in [1.54, 1.807) is 0 Å². The normalized spacial score (nSPS) is 12.2. The molecule has 0 fully saturated rings. The number of hydrogen-bond acceptors (Lipinski definition) is 4. The minimum atomic E-state index is -4.58. The van der Waals surface area contributed by atoms with Crippen molar-refractivity contribution < 1.29 is 21.6 Å². The van der Waals surface area contributed by atoms with Gasteiger partial charge in [0.15, 0.2) is 5.03 Å². The smallest absolute Gasteiger partial charge is 0.290 e. The largest absolute Gasteiger partial charge is 0.416 e. The molecule has 136 valence electrons. The molecule has 2 aromatic heterocycles. The number of rotatable bonds is 4. The SMILES string of the molecule is O=S(=O)(Nc1cccc(C(F)(F)F)c1)c1cccn1-c1ccnc(Cl)n1. The summed E-state index contributed by atoms with van der Waals surface area (Å²) in [6.07, 6.45) is -1.81. The third kappa shape index (κ3) is 3.81. The highest BCUT2D eigenvalue weighted by Gasteiger charge is 2.31. The molecule has 2 heterocycles. The molecular weight excluding hydrogens is 393 g/mol. The Kier molecular flexibility index (Phi) is 4.63. The van der Waals surface area contributed by atoms with Gasteiger partial charge in [0.05, 0.1) is 5.56 Å². The summed E-state index contributed by atoms with van der Waals surface area (Å²) in [7, 11) is -4.18. The van der Waals surface area contributed by atoms with Crippen molar-refractivity contribution in [1.82, 2.24) is 14.5 Å². The minimum Gasteiger partial charge on any atom is -0.290 e. The first-order chi connectivity index (χ1) is 12.2. The summed E-state index contributed by atoms with van der Waals surface area (Å²) < 4.78 is 67.0. The molecule has 0 aliphatic rings. The summed E-state index contributed by atoms with van der Waals surface area (Å²) >= 11 is 5.71. The maximum atomic E-state index is 12.8. The molecule has 26 heavy (non-hydrogen) atoms. The molecule has 0 unspecified atom stereocenters. The average molecular weight is 403 g/mol. The number of benzene rings is 1. The van der Waals surface area contributed by atoms with Gasteiger partial charge in [0.1, 0.15) is 5.82 Å². The molecule has 0 bridgehead atoms. The van der Waals surface area contributed by atoms with Crippen LogP contribution in [0.15, 0.2) is 59.9 Å². The first-order valence-electron chi connectivity index (χ1n) is 7.03. The van der Waals surface area contributed by atoms with Crippen LogP contribution in [0.1, 0.15) is 5.56 Å². The van der Waals surface area contributed by atoms with Gasteiger partial charge in [0.2, 0.25) is 5.28 Å². The molecule has 1 N–H and O–H groups in total. The molecule has 0 amide bonds. The van der Waals surface area contributed by atoms with Crippen molar-refractivity contribution in [2.45, 2.75) is 11.2 Å². The Labute approximate surface area is 151 Å². The number of sulfonamides is 1. The Morgan fingerprint density at radius 2 is 1.88 bits per heavy atom. The van der Waals surface area contributed by atoms with Crippen LogP contribution in [-0.2, 0) is 16.2 Å². The van der Waals surface area contributed by atoms with Gasteiger partial charge in [-0.2, -0.15) is 26.6 Å². The predicted octanol–water partition coefficient (Wildman–Crippen LogP) is 3.74. The molecule has 0 atom stereocenters. The molecule has 0 radical (unpaired) electrons. The number of nitrogens with zero attached hydrogens (tertiary/aromatic N) is 3. The van der Waals surface area contributed by atoms with Crippen LogP contribution in [0.2, 0.25) is 5.28 Å². The van der Waals surface area contributed by atoms with E-state index in [0.29, 0.717) is 6.07 Å². The van der Waals surface area contributed by atoms with Gasteiger partial charge >= 0.3 is 6.18 Å². The second kappa shape index (κ2) is 6.61. The minimum absolute atomic E-state index is 0.0783. The molecular formula is C15H10ClF3N4O2S. The fraction of sp³-hybridized carbons (Fsp3) is 0.0667. The Morgan fingerprint density at radius 1 is 1.12 bits per heavy atom. The molecule has 1 aromatic carbocycles. The standard InChI is InChI=1S/C15H10ClF3N4O2S/c16-14-20-7-6-12(21-14)23-8-2-5-13(23)26(24,25)22-11-4-1-3-10(9-11)15(17,18)19/h1-9,22H. The van der Waals surface area contributed by atoms with Crippen molar-refractivity contribution in [3.05, 3.63) is 65.7 Å². The van der Waals surface area contributed by atoms with Crippen LogP contribution in [0.5, 0.6) is 0 Å². The van der Waals surface area contributed by atoms with Crippen LogP contribution in [0.4, 0.5) is 18.9 Å². The Balaban J connectivity index is 1.97. The van der Waals surface area contributed by atoms with Crippen molar-refractivity contribution in [2.24, 2.45) is 0 Å². The second-order valence-electron chi connectivity index (χ2n) is 5.08. The molecule has 11 heteroatoms. The molecule has 0 saturated carbocycles. The van der Waals surface area contributed by atoms with Gasteiger partial charge in [-0.15, -0.1) is 0 Å². The van der Waals surface area contributed by atoms with Crippen LogP contribution in [0, 0.1) is 0 Å². The zero-order valence-corrected chi connectivity index (χ0v) is 14.3. The summed E-state index contributed by atoms with van der Waals surface area (Å²) in [6.45, 7) is 0. The number of nitrogens with one attached hydrogen (secondary N) is 1. The van der Waals surface area contributed by atoms with Crippen molar-refractivity contribution in [1.29, 1.82) is 0 Å². The van der Waals surface area contributed by atoms with Gasteiger partial charge in [-0.3, -0.25) is 9.29 Å². The lowest BCUT2D eigenvalue weighted by atomic mass is 10.2. The van der Waals surface area contributed by atoms with Gasteiger partial charge in [-0.05, 0) is 48.0 Å². The highest BCUT2D eigenvalue weighted by molar-refractivity contribution is 7.92. The van der Waals surface area contributed by atoms with E-state index < -0.39 is 21.8 Å². The molecule has 0 aliphatic heterocycles. The van der Waals surface area contributed by atoms with E-state index >= 15 is 0 Å². The van der Waals surface area contributed by atoms with Crippen LogP contribution in [-0.4, -0.2) is 23.0 Å². The zero-order chi connectivity index (χ0) is 18.9.